The average Bonchev–Trinajstić information content (AvgIpc) is 2.96. The number of aromatic nitrogens is 1. The summed E-state index contributed by atoms with van der Waals surface area (Å²) in [5.74, 6) is -8.27. The van der Waals surface area contributed by atoms with E-state index >= 15 is 0 Å². The van der Waals surface area contributed by atoms with E-state index in [0.717, 1.165) is 28.8 Å². The van der Waals surface area contributed by atoms with Crippen LogP contribution in [0.1, 0.15) is 34.5 Å². The van der Waals surface area contributed by atoms with Gasteiger partial charge in [0.25, 0.3) is 5.91 Å². The number of hydrogen-bond donors (Lipinski definition) is 2. The molecule has 1 aromatic heterocycles. The number of aliphatic carboxylic acids is 1. The number of aromatic hydroxyl groups is 1. The van der Waals surface area contributed by atoms with Gasteiger partial charge in [0.1, 0.15) is 5.75 Å². The van der Waals surface area contributed by atoms with E-state index in [1.165, 1.54) is 13.8 Å². The van der Waals surface area contributed by atoms with E-state index in [2.05, 4.69) is 4.74 Å². The van der Waals surface area contributed by atoms with Crippen LogP contribution in [0.25, 0.3) is 10.9 Å². The Hall–Kier alpha value is -3.63. The van der Waals surface area contributed by atoms with E-state index in [-0.39, 0.29) is 22.3 Å². The molecule has 6 nitrogen and oxygen atoms in total. The number of carbonyl (C=O) groups excluding carboxylic acids is 1. The molecule has 0 radical (unpaired) electrons. The molecule has 0 saturated heterocycles. The summed E-state index contributed by atoms with van der Waals surface area (Å²) in [4.78, 5) is 24.5. The Morgan fingerprint density at radius 3 is 2.23 bits per heavy atom. The van der Waals surface area contributed by atoms with Gasteiger partial charge in [-0.15, -0.1) is 13.2 Å². The maximum absolute atomic E-state index is 14.7. The maximum Gasteiger partial charge on any atom is 0.573 e. The van der Waals surface area contributed by atoms with Gasteiger partial charge < -0.3 is 14.9 Å². The van der Waals surface area contributed by atoms with Crippen molar-refractivity contribution in [3.05, 3.63) is 58.8 Å². The van der Waals surface area contributed by atoms with Crippen LogP contribution in [0.4, 0.5) is 22.0 Å². The summed E-state index contributed by atoms with van der Waals surface area (Å²) in [6, 6.07) is 4.48. The van der Waals surface area contributed by atoms with E-state index < -0.39 is 52.7 Å². The van der Waals surface area contributed by atoms with Crippen LogP contribution in [0.5, 0.6) is 11.5 Å². The van der Waals surface area contributed by atoms with Gasteiger partial charge in [-0.3, -0.25) is 14.2 Å². The molecule has 1 atom stereocenters. The summed E-state index contributed by atoms with van der Waals surface area (Å²) < 4.78 is 70.2. The van der Waals surface area contributed by atoms with Gasteiger partial charge >= 0.3 is 12.3 Å². The number of ether oxygens (including phenoxy) is 1. The van der Waals surface area contributed by atoms with Crippen LogP contribution in [0.3, 0.4) is 0 Å². The molecule has 3 rings (SSSR count). The van der Waals surface area contributed by atoms with Crippen molar-refractivity contribution in [1.82, 2.24) is 4.57 Å². The monoisotopic (exact) mass is 443 g/mol. The minimum atomic E-state index is -4.93. The molecule has 0 saturated carbocycles. The molecule has 0 aliphatic carbocycles. The van der Waals surface area contributed by atoms with Crippen LogP contribution in [-0.4, -0.2) is 33.0 Å². The number of halogens is 5. The first-order chi connectivity index (χ1) is 14.3. The zero-order valence-electron chi connectivity index (χ0n) is 15.9. The fourth-order valence-corrected chi connectivity index (χ4v) is 3.35. The highest BCUT2D eigenvalue weighted by atomic mass is 19.4. The Labute approximate surface area is 171 Å². The fourth-order valence-electron chi connectivity index (χ4n) is 3.35. The van der Waals surface area contributed by atoms with Crippen molar-refractivity contribution in [2.24, 2.45) is 0 Å². The molecule has 11 heteroatoms. The van der Waals surface area contributed by atoms with Crippen molar-refractivity contribution in [3.63, 3.8) is 0 Å². The van der Waals surface area contributed by atoms with Crippen molar-refractivity contribution >= 4 is 22.8 Å². The first-order valence-corrected chi connectivity index (χ1v) is 8.68. The summed E-state index contributed by atoms with van der Waals surface area (Å²) in [7, 11) is 0. The van der Waals surface area contributed by atoms with E-state index in [0.29, 0.717) is 6.07 Å². The molecule has 2 aromatic carbocycles. The Morgan fingerprint density at radius 2 is 1.71 bits per heavy atom. The Balaban J connectivity index is 2.21. The normalized spacial score (nSPS) is 12.7. The third-order valence-corrected chi connectivity index (χ3v) is 4.75. The van der Waals surface area contributed by atoms with Crippen molar-refractivity contribution < 1.29 is 46.5 Å². The van der Waals surface area contributed by atoms with Crippen LogP contribution in [0.15, 0.2) is 30.3 Å². The molecule has 0 fully saturated rings. The minimum Gasteiger partial charge on any atom is -0.503 e. The van der Waals surface area contributed by atoms with E-state index in [9.17, 15) is 41.8 Å². The number of rotatable bonds is 4. The molecule has 0 amide bonds. The molecule has 2 N–H and O–H groups in total. The summed E-state index contributed by atoms with van der Waals surface area (Å²) >= 11 is 0. The zero-order valence-corrected chi connectivity index (χ0v) is 15.9. The highest BCUT2D eigenvalue weighted by molar-refractivity contribution is 6.05. The van der Waals surface area contributed by atoms with Gasteiger partial charge in [0.15, 0.2) is 17.4 Å². The molecule has 0 bridgehead atoms. The van der Waals surface area contributed by atoms with Crippen molar-refractivity contribution in [2.45, 2.75) is 26.1 Å². The van der Waals surface area contributed by atoms with Crippen molar-refractivity contribution in [2.75, 3.05) is 0 Å². The lowest BCUT2D eigenvalue weighted by Gasteiger charge is -2.11. The molecule has 1 heterocycles. The lowest BCUT2D eigenvalue weighted by Crippen LogP contribution is -2.18. The third kappa shape index (κ3) is 3.90. The molecule has 164 valence electrons. The largest absolute Gasteiger partial charge is 0.573 e. The summed E-state index contributed by atoms with van der Waals surface area (Å²) in [5.41, 5.74) is -0.679. The summed E-state index contributed by atoms with van der Waals surface area (Å²) in [6.07, 6.45) is -4.93. The first kappa shape index (κ1) is 22.1. The molecule has 0 aliphatic heterocycles. The molecule has 0 spiro atoms. The maximum atomic E-state index is 14.7. The highest BCUT2D eigenvalue weighted by Crippen LogP contribution is 2.38. The predicted molar refractivity (Wildman–Crippen MR) is 97.2 cm³/mol. The summed E-state index contributed by atoms with van der Waals surface area (Å²) in [5, 5.41) is 18.5. The van der Waals surface area contributed by atoms with Crippen LogP contribution >= 0.6 is 0 Å². The predicted octanol–water partition coefficient (Wildman–Crippen LogP) is 4.71. The van der Waals surface area contributed by atoms with Gasteiger partial charge in [-0.1, -0.05) is 0 Å². The van der Waals surface area contributed by atoms with E-state index in [4.69, 9.17) is 0 Å². The SMILES string of the molecule is Cc1c([C@@H](C)C(=O)O)c2c(F)c(O)c(F)cc2n1C(=O)c1ccc(OC(F)(F)F)cc1. The second kappa shape index (κ2) is 7.56. The smallest absolute Gasteiger partial charge is 0.503 e. The van der Waals surface area contributed by atoms with Crippen LogP contribution in [0, 0.1) is 18.6 Å². The lowest BCUT2D eigenvalue weighted by molar-refractivity contribution is -0.274. The number of carbonyl (C=O) groups is 2. The number of alkyl halides is 3. The molecule has 3 aromatic rings. The lowest BCUT2D eigenvalue weighted by atomic mass is 9.97. The third-order valence-electron chi connectivity index (χ3n) is 4.75. The van der Waals surface area contributed by atoms with Gasteiger partial charge in [0.2, 0.25) is 0 Å². The number of carboxylic acid groups (broad SMARTS) is 1. The van der Waals surface area contributed by atoms with E-state index in [1.807, 2.05) is 0 Å². The quantitative estimate of drug-likeness (QED) is 0.571. The van der Waals surface area contributed by atoms with Gasteiger partial charge in [0, 0.05) is 22.7 Å². The minimum absolute atomic E-state index is 0.0329. The molecular weight excluding hydrogens is 429 g/mol. The zero-order chi connectivity index (χ0) is 23.2. The summed E-state index contributed by atoms with van der Waals surface area (Å²) in [6.45, 7) is 2.53. The second-order valence-corrected chi connectivity index (χ2v) is 6.69. The van der Waals surface area contributed by atoms with Crippen molar-refractivity contribution in [3.8, 4) is 11.5 Å². The second-order valence-electron chi connectivity index (χ2n) is 6.69. The van der Waals surface area contributed by atoms with Gasteiger partial charge in [-0.2, -0.15) is 0 Å². The van der Waals surface area contributed by atoms with Gasteiger partial charge in [-0.25, -0.2) is 8.78 Å². The number of benzene rings is 2. The molecular formula is C20H14F5NO5. The fraction of sp³-hybridized carbons (Fsp3) is 0.200. The van der Waals surface area contributed by atoms with Gasteiger partial charge in [0.05, 0.1) is 11.4 Å². The topological polar surface area (TPSA) is 88.8 Å². The van der Waals surface area contributed by atoms with Crippen LogP contribution in [0.2, 0.25) is 0 Å². The first-order valence-electron chi connectivity index (χ1n) is 8.68. The molecule has 0 unspecified atom stereocenters. The number of phenolic OH excluding ortho intramolecular Hbond substituents is 1. The Morgan fingerprint density at radius 1 is 1.13 bits per heavy atom. The average molecular weight is 443 g/mol. The number of phenols is 1. The standard InChI is InChI=1S/C20H14F5NO5/c1-8(19(29)30)14-9(2)26(13-7-12(21)17(27)16(22)15(13)14)18(28)10-3-5-11(6-4-10)31-20(23,24)25/h3-8,27H,1-2H3,(H,29,30)/t8-/m1/s1. The highest BCUT2D eigenvalue weighted by Gasteiger charge is 2.32. The number of nitrogens with zero attached hydrogens (tertiary/aromatic N) is 1. The van der Waals surface area contributed by atoms with Gasteiger partial charge in [-0.05, 0) is 43.7 Å². The molecule has 0 aliphatic rings. The number of fused-ring (bicyclic) bond motifs is 1. The Bertz CT molecular complexity index is 1200. The van der Waals surface area contributed by atoms with Crippen LogP contribution < -0.4 is 4.74 Å². The molecule has 31 heavy (non-hydrogen) atoms. The van der Waals surface area contributed by atoms with Crippen LogP contribution in [-0.2, 0) is 4.79 Å². The van der Waals surface area contributed by atoms with E-state index in [1.54, 1.807) is 0 Å². The number of hydrogen-bond acceptors (Lipinski definition) is 4. The van der Waals surface area contributed by atoms with Crippen molar-refractivity contribution in [1.29, 1.82) is 0 Å². The Kier molecular flexibility index (Phi) is 5.38. The number of carboxylic acids is 1.